The third kappa shape index (κ3) is 3.64. The van der Waals surface area contributed by atoms with Crippen LogP contribution in [0.4, 0.5) is 4.39 Å². The quantitative estimate of drug-likeness (QED) is 0.781. The van der Waals surface area contributed by atoms with Crippen molar-refractivity contribution in [2.75, 3.05) is 0 Å². The van der Waals surface area contributed by atoms with Crippen LogP contribution in [0.5, 0.6) is 0 Å². The molecule has 0 saturated carbocycles. The highest BCUT2D eigenvalue weighted by atomic mass is 32.2. The fourth-order valence-electron chi connectivity index (χ4n) is 2.06. The molecule has 0 aliphatic heterocycles. The van der Waals surface area contributed by atoms with Gasteiger partial charge in [-0.05, 0) is 48.0 Å². The molecule has 1 N–H and O–H groups in total. The first-order valence-corrected chi connectivity index (χ1v) is 8.37. The number of hydrogen-bond acceptors (Lipinski definition) is 3. The lowest BCUT2D eigenvalue weighted by Crippen LogP contribution is -2.23. The van der Waals surface area contributed by atoms with E-state index in [-0.39, 0.29) is 11.4 Å². The molecule has 0 unspecified atom stereocenters. The molecule has 0 spiro atoms. The molecule has 118 valence electrons. The van der Waals surface area contributed by atoms with Gasteiger partial charge in [-0.3, -0.25) is 0 Å². The van der Waals surface area contributed by atoms with Crippen LogP contribution in [-0.4, -0.2) is 18.2 Å². The molecule has 0 atom stereocenters. The number of benzene rings is 2. The fourth-order valence-corrected chi connectivity index (χ4v) is 3.08. The van der Waals surface area contributed by atoms with Crippen molar-refractivity contribution in [1.29, 1.82) is 0 Å². The van der Waals surface area contributed by atoms with Crippen molar-refractivity contribution >= 4 is 10.0 Å². The predicted molar refractivity (Wildman–Crippen MR) is 84.0 cm³/mol. The first kappa shape index (κ1) is 15.4. The minimum Gasteiger partial charge on any atom is -0.241 e. The Morgan fingerprint density at radius 1 is 1.04 bits per heavy atom. The van der Waals surface area contributed by atoms with Gasteiger partial charge in [0.2, 0.25) is 10.0 Å². The second-order valence-corrected chi connectivity index (χ2v) is 6.66. The molecule has 0 saturated heterocycles. The van der Waals surface area contributed by atoms with Crippen LogP contribution in [0.2, 0.25) is 0 Å². The highest BCUT2D eigenvalue weighted by Gasteiger charge is 2.13. The van der Waals surface area contributed by atoms with Crippen LogP contribution in [0.1, 0.15) is 5.56 Å². The van der Waals surface area contributed by atoms with Gasteiger partial charge in [-0.25, -0.2) is 22.2 Å². The van der Waals surface area contributed by atoms with Crippen molar-refractivity contribution in [2.24, 2.45) is 0 Å². The maximum absolute atomic E-state index is 12.9. The Labute approximate surface area is 133 Å². The molecule has 0 aliphatic carbocycles. The van der Waals surface area contributed by atoms with Crippen LogP contribution in [0.25, 0.3) is 5.69 Å². The van der Waals surface area contributed by atoms with Crippen LogP contribution in [0.15, 0.2) is 71.9 Å². The van der Waals surface area contributed by atoms with Gasteiger partial charge in [-0.15, -0.1) is 0 Å². The topological polar surface area (TPSA) is 64.0 Å². The van der Waals surface area contributed by atoms with E-state index in [2.05, 4.69) is 9.82 Å². The van der Waals surface area contributed by atoms with Gasteiger partial charge in [0.25, 0.3) is 0 Å². The molecule has 1 heterocycles. The zero-order chi connectivity index (χ0) is 16.3. The van der Waals surface area contributed by atoms with E-state index in [1.165, 1.54) is 12.1 Å². The maximum atomic E-state index is 12.9. The average Bonchev–Trinajstić information content (AvgIpc) is 3.08. The molecule has 7 heteroatoms. The third-order valence-electron chi connectivity index (χ3n) is 3.30. The second-order valence-electron chi connectivity index (χ2n) is 4.90. The molecule has 2 aromatic carbocycles. The third-order valence-corrected chi connectivity index (χ3v) is 4.71. The van der Waals surface area contributed by atoms with Crippen LogP contribution in [0.3, 0.4) is 0 Å². The lowest BCUT2D eigenvalue weighted by molar-refractivity contribution is 0.580. The zero-order valence-corrected chi connectivity index (χ0v) is 12.9. The average molecular weight is 331 g/mol. The van der Waals surface area contributed by atoms with E-state index < -0.39 is 15.8 Å². The van der Waals surface area contributed by atoms with Crippen LogP contribution in [0, 0.1) is 5.82 Å². The summed E-state index contributed by atoms with van der Waals surface area (Å²) >= 11 is 0. The molecule has 0 aliphatic rings. The standard InChI is InChI=1S/C16H14FN3O2S/c17-14-4-8-16(9-5-14)23(21,22)19-12-13-2-6-15(7-3-13)20-11-1-10-18-20/h1-11,19H,12H2. The van der Waals surface area contributed by atoms with E-state index in [0.29, 0.717) is 0 Å². The summed E-state index contributed by atoms with van der Waals surface area (Å²) in [5.41, 5.74) is 1.70. The highest BCUT2D eigenvalue weighted by Crippen LogP contribution is 2.12. The van der Waals surface area contributed by atoms with Crippen molar-refractivity contribution in [1.82, 2.24) is 14.5 Å². The van der Waals surface area contributed by atoms with E-state index in [0.717, 1.165) is 23.4 Å². The fraction of sp³-hybridized carbons (Fsp3) is 0.0625. The molecule has 3 rings (SSSR count). The van der Waals surface area contributed by atoms with Gasteiger partial charge in [-0.2, -0.15) is 5.10 Å². The van der Waals surface area contributed by atoms with Crippen molar-refractivity contribution < 1.29 is 12.8 Å². The summed E-state index contributed by atoms with van der Waals surface area (Å²) in [7, 11) is -3.66. The number of rotatable bonds is 5. The van der Waals surface area contributed by atoms with Crippen molar-refractivity contribution in [3.8, 4) is 5.69 Å². The summed E-state index contributed by atoms with van der Waals surface area (Å²) in [4.78, 5) is 0.0343. The summed E-state index contributed by atoms with van der Waals surface area (Å²) in [5.74, 6) is -0.474. The van der Waals surface area contributed by atoms with Crippen molar-refractivity contribution in [3.05, 3.63) is 78.4 Å². The van der Waals surface area contributed by atoms with Crippen LogP contribution in [-0.2, 0) is 16.6 Å². The Kier molecular flexibility index (Phi) is 4.22. The number of nitrogens with zero attached hydrogens (tertiary/aromatic N) is 2. The van der Waals surface area contributed by atoms with Crippen molar-refractivity contribution in [3.63, 3.8) is 0 Å². The first-order chi connectivity index (χ1) is 11.0. The summed E-state index contributed by atoms with van der Waals surface area (Å²) in [6.45, 7) is 0.152. The summed E-state index contributed by atoms with van der Waals surface area (Å²) in [6, 6.07) is 13.9. The molecule has 0 fully saturated rings. The first-order valence-electron chi connectivity index (χ1n) is 6.89. The maximum Gasteiger partial charge on any atom is 0.240 e. The Bertz CT molecular complexity index is 874. The molecule has 5 nitrogen and oxygen atoms in total. The normalized spacial score (nSPS) is 11.5. The number of halogens is 1. The van der Waals surface area contributed by atoms with Gasteiger partial charge in [-0.1, -0.05) is 12.1 Å². The van der Waals surface area contributed by atoms with E-state index in [9.17, 15) is 12.8 Å². The van der Waals surface area contributed by atoms with Gasteiger partial charge in [0, 0.05) is 18.9 Å². The molecular weight excluding hydrogens is 317 g/mol. The van der Waals surface area contributed by atoms with Crippen LogP contribution < -0.4 is 4.72 Å². The summed E-state index contributed by atoms with van der Waals surface area (Å²) in [5, 5.41) is 4.12. The van der Waals surface area contributed by atoms with Crippen molar-refractivity contribution in [2.45, 2.75) is 11.4 Å². The van der Waals surface area contributed by atoms with Gasteiger partial charge in [0.15, 0.2) is 0 Å². The Morgan fingerprint density at radius 2 is 1.74 bits per heavy atom. The number of hydrogen-bond donors (Lipinski definition) is 1. The van der Waals surface area contributed by atoms with E-state index in [1.807, 2.05) is 36.5 Å². The van der Waals surface area contributed by atoms with E-state index >= 15 is 0 Å². The van der Waals surface area contributed by atoms with Gasteiger partial charge in [0.05, 0.1) is 10.6 Å². The predicted octanol–water partition coefficient (Wildman–Crippen LogP) is 2.49. The number of sulfonamides is 1. The largest absolute Gasteiger partial charge is 0.241 e. The van der Waals surface area contributed by atoms with Gasteiger partial charge >= 0.3 is 0 Å². The highest BCUT2D eigenvalue weighted by molar-refractivity contribution is 7.89. The molecule has 0 radical (unpaired) electrons. The lowest BCUT2D eigenvalue weighted by Gasteiger charge is -2.08. The number of nitrogens with one attached hydrogen (secondary N) is 1. The molecule has 1 aromatic heterocycles. The van der Waals surface area contributed by atoms with Crippen LogP contribution >= 0.6 is 0 Å². The Morgan fingerprint density at radius 3 is 2.35 bits per heavy atom. The number of aromatic nitrogens is 2. The Balaban J connectivity index is 1.69. The Hall–Kier alpha value is -2.51. The summed E-state index contributed by atoms with van der Waals surface area (Å²) < 4.78 is 41.3. The summed E-state index contributed by atoms with van der Waals surface area (Å²) in [6.07, 6.45) is 3.51. The molecule has 3 aromatic rings. The monoisotopic (exact) mass is 331 g/mol. The van der Waals surface area contributed by atoms with Gasteiger partial charge < -0.3 is 0 Å². The lowest BCUT2D eigenvalue weighted by atomic mass is 10.2. The smallest absolute Gasteiger partial charge is 0.240 e. The zero-order valence-electron chi connectivity index (χ0n) is 12.1. The minimum absolute atomic E-state index is 0.0343. The SMILES string of the molecule is O=S(=O)(NCc1ccc(-n2cccn2)cc1)c1ccc(F)cc1. The molecule has 0 amide bonds. The van der Waals surface area contributed by atoms with E-state index in [1.54, 1.807) is 10.9 Å². The van der Waals surface area contributed by atoms with E-state index in [4.69, 9.17) is 0 Å². The molecule has 23 heavy (non-hydrogen) atoms. The minimum atomic E-state index is -3.66. The molecule has 0 bridgehead atoms. The second kappa shape index (κ2) is 6.31. The van der Waals surface area contributed by atoms with Gasteiger partial charge in [0.1, 0.15) is 5.82 Å². The molecular formula is C16H14FN3O2S.